The van der Waals surface area contributed by atoms with Crippen LogP contribution in [-0.4, -0.2) is 35.2 Å². The topological polar surface area (TPSA) is 64.4 Å². The van der Waals surface area contributed by atoms with E-state index in [1.54, 1.807) is 23.6 Å². The highest BCUT2D eigenvalue weighted by Gasteiger charge is 2.21. The number of fused-ring (bicyclic) bond motifs is 1. The zero-order valence-corrected chi connectivity index (χ0v) is 15.0. The van der Waals surface area contributed by atoms with Gasteiger partial charge in [0, 0.05) is 31.4 Å². The first-order valence-corrected chi connectivity index (χ1v) is 8.45. The van der Waals surface area contributed by atoms with E-state index in [4.69, 9.17) is 4.74 Å². The standard InChI is InChI=1S/C18H25N3O3/c1-6-20(7-2)14-11-15(22)21(8-3)17-16(14)13(10-12(5)19-17)18(23)24-9-4/h10-11H,6-9H2,1-5H3. The Bertz CT molecular complexity index is 807. The quantitative estimate of drug-likeness (QED) is 0.762. The summed E-state index contributed by atoms with van der Waals surface area (Å²) in [5, 5.41) is 0.684. The maximum atomic E-state index is 12.5. The Morgan fingerprint density at radius 2 is 1.88 bits per heavy atom. The number of carbonyl (C=O) groups is 1. The normalized spacial score (nSPS) is 10.9. The van der Waals surface area contributed by atoms with Crippen molar-refractivity contribution in [2.45, 2.75) is 41.2 Å². The van der Waals surface area contributed by atoms with Crippen molar-refractivity contribution in [2.75, 3.05) is 24.6 Å². The lowest BCUT2D eigenvalue weighted by Crippen LogP contribution is -2.28. The van der Waals surface area contributed by atoms with Crippen LogP contribution >= 0.6 is 0 Å². The van der Waals surface area contributed by atoms with Gasteiger partial charge in [0.15, 0.2) is 0 Å². The Morgan fingerprint density at radius 1 is 1.21 bits per heavy atom. The van der Waals surface area contributed by atoms with Crippen LogP contribution in [0.5, 0.6) is 0 Å². The highest BCUT2D eigenvalue weighted by atomic mass is 16.5. The number of aromatic nitrogens is 2. The molecule has 0 amide bonds. The van der Waals surface area contributed by atoms with Gasteiger partial charge in [-0.05, 0) is 40.7 Å². The summed E-state index contributed by atoms with van der Waals surface area (Å²) in [6.45, 7) is 11.8. The molecule has 0 spiro atoms. The third-order valence-corrected chi connectivity index (χ3v) is 4.08. The van der Waals surface area contributed by atoms with Crippen molar-refractivity contribution in [1.82, 2.24) is 9.55 Å². The molecule has 6 nitrogen and oxygen atoms in total. The fourth-order valence-electron chi connectivity index (χ4n) is 2.97. The number of anilines is 1. The van der Waals surface area contributed by atoms with Gasteiger partial charge in [-0.1, -0.05) is 0 Å². The summed E-state index contributed by atoms with van der Waals surface area (Å²) in [6.07, 6.45) is 0. The van der Waals surface area contributed by atoms with Crippen molar-refractivity contribution in [2.24, 2.45) is 0 Å². The molecule has 0 aliphatic heterocycles. The largest absolute Gasteiger partial charge is 0.462 e. The highest BCUT2D eigenvalue weighted by molar-refractivity contribution is 6.08. The molecular formula is C18H25N3O3. The minimum atomic E-state index is -0.386. The van der Waals surface area contributed by atoms with Crippen LogP contribution < -0.4 is 10.5 Å². The molecule has 0 atom stereocenters. The second-order valence-electron chi connectivity index (χ2n) is 5.51. The van der Waals surface area contributed by atoms with Crippen LogP contribution in [0.15, 0.2) is 16.9 Å². The van der Waals surface area contributed by atoms with E-state index >= 15 is 0 Å². The number of hydrogen-bond acceptors (Lipinski definition) is 5. The average molecular weight is 331 g/mol. The number of pyridine rings is 2. The van der Waals surface area contributed by atoms with E-state index in [2.05, 4.69) is 9.88 Å². The molecule has 130 valence electrons. The number of hydrogen-bond donors (Lipinski definition) is 0. The first-order valence-electron chi connectivity index (χ1n) is 8.45. The smallest absolute Gasteiger partial charge is 0.339 e. The molecular weight excluding hydrogens is 306 g/mol. The van der Waals surface area contributed by atoms with Gasteiger partial charge in [0.1, 0.15) is 5.65 Å². The van der Waals surface area contributed by atoms with Crippen LogP contribution in [0.3, 0.4) is 0 Å². The van der Waals surface area contributed by atoms with E-state index in [0.717, 1.165) is 18.8 Å². The second-order valence-corrected chi connectivity index (χ2v) is 5.51. The van der Waals surface area contributed by atoms with Gasteiger partial charge < -0.3 is 9.64 Å². The van der Waals surface area contributed by atoms with Gasteiger partial charge in [0.2, 0.25) is 0 Å². The lowest BCUT2D eigenvalue weighted by atomic mass is 10.1. The highest BCUT2D eigenvalue weighted by Crippen LogP contribution is 2.29. The maximum Gasteiger partial charge on any atom is 0.339 e. The number of esters is 1. The Hall–Kier alpha value is -2.37. The van der Waals surface area contributed by atoms with Crippen molar-refractivity contribution in [3.05, 3.63) is 33.7 Å². The first-order chi connectivity index (χ1) is 11.5. The Balaban J connectivity index is 2.96. The third kappa shape index (κ3) is 3.13. The number of nitrogens with zero attached hydrogens (tertiary/aromatic N) is 3. The Labute approximate surface area is 142 Å². The van der Waals surface area contributed by atoms with Crippen LogP contribution in [0.1, 0.15) is 43.7 Å². The minimum Gasteiger partial charge on any atom is -0.462 e. The van der Waals surface area contributed by atoms with Gasteiger partial charge in [-0.25, -0.2) is 9.78 Å². The molecule has 0 aliphatic rings. The molecule has 2 aromatic heterocycles. The van der Waals surface area contributed by atoms with E-state index < -0.39 is 0 Å². The van der Waals surface area contributed by atoms with Gasteiger partial charge in [-0.3, -0.25) is 9.36 Å². The summed E-state index contributed by atoms with van der Waals surface area (Å²) in [6, 6.07) is 3.33. The summed E-state index contributed by atoms with van der Waals surface area (Å²) in [7, 11) is 0. The first kappa shape index (κ1) is 18.0. The second kappa shape index (κ2) is 7.47. The Morgan fingerprint density at radius 3 is 2.42 bits per heavy atom. The lowest BCUT2D eigenvalue weighted by Gasteiger charge is -2.24. The SMILES string of the molecule is CCOC(=O)c1cc(C)nc2c1c(N(CC)CC)cc(=O)n2CC. The van der Waals surface area contributed by atoms with Crippen LogP contribution in [0.4, 0.5) is 5.69 Å². The number of rotatable bonds is 6. The van der Waals surface area contributed by atoms with Gasteiger partial charge in [0.25, 0.3) is 5.56 Å². The predicted octanol–water partition coefficient (Wildman–Crippen LogP) is 2.75. The maximum absolute atomic E-state index is 12.5. The van der Waals surface area contributed by atoms with E-state index in [1.807, 2.05) is 27.7 Å². The molecule has 6 heteroatoms. The van der Waals surface area contributed by atoms with Gasteiger partial charge in [-0.2, -0.15) is 0 Å². The van der Waals surface area contributed by atoms with Crippen molar-refractivity contribution in [3.63, 3.8) is 0 Å². The lowest BCUT2D eigenvalue weighted by molar-refractivity contribution is 0.0528. The summed E-state index contributed by atoms with van der Waals surface area (Å²) in [4.78, 5) is 31.6. The van der Waals surface area contributed by atoms with Crippen molar-refractivity contribution in [3.8, 4) is 0 Å². The molecule has 0 N–H and O–H groups in total. The minimum absolute atomic E-state index is 0.111. The molecule has 0 saturated heterocycles. The average Bonchev–Trinajstić information content (AvgIpc) is 2.55. The van der Waals surface area contributed by atoms with Crippen molar-refractivity contribution in [1.29, 1.82) is 0 Å². The molecule has 24 heavy (non-hydrogen) atoms. The molecule has 2 aromatic rings. The van der Waals surface area contributed by atoms with E-state index in [1.165, 1.54) is 0 Å². The number of aryl methyl sites for hydroxylation is 2. The monoisotopic (exact) mass is 331 g/mol. The molecule has 0 saturated carbocycles. The molecule has 0 aromatic carbocycles. The van der Waals surface area contributed by atoms with Gasteiger partial charge in [-0.15, -0.1) is 0 Å². The van der Waals surface area contributed by atoms with E-state index in [-0.39, 0.29) is 11.5 Å². The predicted molar refractivity (Wildman–Crippen MR) is 95.9 cm³/mol. The fraction of sp³-hybridized carbons (Fsp3) is 0.500. The number of carbonyl (C=O) groups excluding carboxylic acids is 1. The molecule has 0 fully saturated rings. The Kier molecular flexibility index (Phi) is 5.59. The zero-order valence-electron chi connectivity index (χ0n) is 15.0. The summed E-state index contributed by atoms with van der Waals surface area (Å²) in [5.74, 6) is -0.386. The van der Waals surface area contributed by atoms with Crippen molar-refractivity contribution < 1.29 is 9.53 Å². The van der Waals surface area contributed by atoms with Crippen LogP contribution in [-0.2, 0) is 11.3 Å². The van der Waals surface area contributed by atoms with E-state index in [9.17, 15) is 9.59 Å². The third-order valence-electron chi connectivity index (χ3n) is 4.08. The van der Waals surface area contributed by atoms with Crippen LogP contribution in [0.25, 0.3) is 11.0 Å². The van der Waals surface area contributed by atoms with Gasteiger partial charge >= 0.3 is 5.97 Å². The van der Waals surface area contributed by atoms with Crippen LogP contribution in [0.2, 0.25) is 0 Å². The molecule has 0 bridgehead atoms. The summed E-state index contributed by atoms with van der Waals surface area (Å²) < 4.78 is 6.82. The molecule has 2 heterocycles. The molecule has 0 radical (unpaired) electrons. The van der Waals surface area contributed by atoms with Crippen LogP contribution in [0, 0.1) is 6.92 Å². The molecule has 2 rings (SSSR count). The molecule has 0 aliphatic carbocycles. The van der Waals surface area contributed by atoms with Crippen molar-refractivity contribution >= 4 is 22.7 Å². The van der Waals surface area contributed by atoms with E-state index in [0.29, 0.717) is 35.4 Å². The summed E-state index contributed by atoms with van der Waals surface area (Å²) in [5.41, 5.74) is 2.31. The number of ether oxygens (including phenoxy) is 1. The summed E-state index contributed by atoms with van der Waals surface area (Å²) >= 11 is 0. The fourth-order valence-corrected chi connectivity index (χ4v) is 2.97. The molecule has 0 unspecified atom stereocenters. The zero-order chi connectivity index (χ0) is 17.9. The van der Waals surface area contributed by atoms with Gasteiger partial charge in [0.05, 0.1) is 23.2 Å².